The molecule has 1 aromatic heterocycles. The van der Waals surface area contributed by atoms with E-state index in [4.69, 9.17) is 0 Å². The van der Waals surface area contributed by atoms with E-state index in [1.54, 1.807) is 24.5 Å². The molecule has 0 saturated heterocycles. The van der Waals surface area contributed by atoms with Crippen LogP contribution in [0.1, 0.15) is 17.5 Å². The third-order valence-electron chi connectivity index (χ3n) is 3.28. The molecule has 6 nitrogen and oxygen atoms in total. The molecule has 0 spiro atoms. The van der Waals surface area contributed by atoms with E-state index in [2.05, 4.69) is 15.0 Å². The fourth-order valence-corrected chi connectivity index (χ4v) is 2.71. The maximum atomic E-state index is 12.9. The normalized spacial score (nSPS) is 11.8. The third kappa shape index (κ3) is 6.03. The molecule has 0 fully saturated rings. The fraction of sp³-hybridized carbons (Fsp3) is 0.250. The zero-order valence-electron chi connectivity index (χ0n) is 13.7. The minimum absolute atomic E-state index is 0.000252. The monoisotopic (exact) mass is 387 g/mol. The highest BCUT2D eigenvalue weighted by Crippen LogP contribution is 2.34. The lowest BCUT2D eigenvalue weighted by atomic mass is 10.1. The zero-order valence-corrected chi connectivity index (χ0v) is 14.5. The molecular weight excluding hydrogens is 371 g/mol. The first-order valence-electron chi connectivity index (χ1n) is 7.42. The molecule has 0 bridgehead atoms. The Bertz CT molecular complexity index is 885. The van der Waals surface area contributed by atoms with Crippen LogP contribution in [0.4, 0.5) is 24.5 Å². The second kappa shape index (κ2) is 7.73. The molecule has 0 atom stereocenters. The minimum Gasteiger partial charge on any atom is -0.324 e. The Morgan fingerprint density at radius 3 is 2.50 bits per heavy atom. The molecule has 0 unspecified atom stereocenters. The summed E-state index contributed by atoms with van der Waals surface area (Å²) in [5.74, 6) is -0.551. The average Bonchev–Trinajstić information content (AvgIpc) is 2.53. The van der Waals surface area contributed by atoms with Gasteiger partial charge in [-0.2, -0.15) is 13.2 Å². The van der Waals surface area contributed by atoms with Crippen molar-refractivity contribution in [2.24, 2.45) is 0 Å². The summed E-state index contributed by atoms with van der Waals surface area (Å²) in [5.41, 5.74) is -0.614. The van der Waals surface area contributed by atoms with E-state index in [1.807, 2.05) is 0 Å². The van der Waals surface area contributed by atoms with Crippen LogP contribution >= 0.6 is 0 Å². The van der Waals surface area contributed by atoms with Crippen LogP contribution in [0.2, 0.25) is 0 Å². The Morgan fingerprint density at radius 1 is 1.19 bits per heavy atom. The third-order valence-corrected chi connectivity index (χ3v) is 3.87. The van der Waals surface area contributed by atoms with Crippen LogP contribution in [0, 0.1) is 0 Å². The molecule has 1 aromatic carbocycles. The number of hydrogen-bond donors (Lipinski definition) is 2. The zero-order chi connectivity index (χ0) is 19.4. The molecule has 2 rings (SSSR count). The van der Waals surface area contributed by atoms with E-state index in [9.17, 15) is 26.4 Å². The Hall–Kier alpha value is -2.62. The standard InChI is InChI=1S/C16H16F3N3O3S/c1-26(24,25)22-13-6-5-12(16(17,18)19)9-14(13)21-15(23)7-4-11-3-2-8-20-10-11/h2-3,5-6,8-10,22H,4,7H2,1H3,(H,21,23). The lowest BCUT2D eigenvalue weighted by Gasteiger charge is -2.15. The number of carbonyl (C=O) groups excluding carboxylic acids is 1. The number of nitrogens with zero attached hydrogens (tertiary/aromatic N) is 1. The molecule has 0 aliphatic carbocycles. The molecule has 140 valence electrons. The van der Waals surface area contributed by atoms with Crippen LogP contribution in [-0.4, -0.2) is 25.6 Å². The van der Waals surface area contributed by atoms with Gasteiger partial charge in [0.1, 0.15) is 0 Å². The molecule has 0 saturated carbocycles. The van der Waals surface area contributed by atoms with Crippen molar-refractivity contribution >= 4 is 27.3 Å². The number of anilines is 2. The molecule has 1 heterocycles. The summed E-state index contributed by atoms with van der Waals surface area (Å²) in [6, 6.07) is 5.85. The van der Waals surface area contributed by atoms with Gasteiger partial charge < -0.3 is 5.32 Å². The molecule has 0 aliphatic rings. The molecule has 2 aromatic rings. The predicted octanol–water partition coefficient (Wildman–Crippen LogP) is 3.04. The summed E-state index contributed by atoms with van der Waals surface area (Å²) in [4.78, 5) is 16.0. The van der Waals surface area contributed by atoms with Crippen molar-refractivity contribution in [2.75, 3.05) is 16.3 Å². The van der Waals surface area contributed by atoms with Crippen LogP contribution in [0.5, 0.6) is 0 Å². The number of amides is 1. The largest absolute Gasteiger partial charge is 0.416 e. The minimum atomic E-state index is -4.63. The van der Waals surface area contributed by atoms with Crippen molar-refractivity contribution in [1.29, 1.82) is 0 Å². The van der Waals surface area contributed by atoms with Crippen LogP contribution in [0.15, 0.2) is 42.7 Å². The number of hydrogen-bond acceptors (Lipinski definition) is 4. The van der Waals surface area contributed by atoms with Gasteiger partial charge in [-0.3, -0.25) is 14.5 Å². The number of halogens is 3. The first-order chi connectivity index (χ1) is 12.0. The van der Waals surface area contributed by atoms with Crippen LogP contribution in [0.3, 0.4) is 0 Å². The van der Waals surface area contributed by atoms with Gasteiger partial charge in [-0.25, -0.2) is 8.42 Å². The second-order valence-corrected chi connectivity index (χ2v) is 7.29. The van der Waals surface area contributed by atoms with E-state index < -0.39 is 27.7 Å². The number of pyridine rings is 1. The van der Waals surface area contributed by atoms with Gasteiger partial charge in [0.2, 0.25) is 15.9 Å². The van der Waals surface area contributed by atoms with Gasteiger partial charge >= 0.3 is 6.18 Å². The summed E-state index contributed by atoms with van der Waals surface area (Å²) in [7, 11) is -3.73. The summed E-state index contributed by atoms with van der Waals surface area (Å²) in [6.45, 7) is 0. The fourth-order valence-electron chi connectivity index (χ4n) is 2.13. The van der Waals surface area contributed by atoms with Crippen molar-refractivity contribution in [3.63, 3.8) is 0 Å². The summed E-state index contributed by atoms with van der Waals surface area (Å²) in [5, 5.41) is 2.33. The number of aromatic nitrogens is 1. The number of benzene rings is 1. The van der Waals surface area contributed by atoms with E-state index >= 15 is 0 Å². The predicted molar refractivity (Wildman–Crippen MR) is 91.1 cm³/mol. The molecule has 10 heteroatoms. The van der Waals surface area contributed by atoms with Crippen molar-refractivity contribution < 1.29 is 26.4 Å². The molecule has 2 N–H and O–H groups in total. The van der Waals surface area contributed by atoms with E-state index in [0.717, 1.165) is 24.0 Å². The Labute approximate surface area is 148 Å². The number of rotatable bonds is 6. The van der Waals surface area contributed by atoms with Gasteiger partial charge in [0, 0.05) is 18.8 Å². The highest BCUT2D eigenvalue weighted by atomic mass is 32.2. The van der Waals surface area contributed by atoms with E-state index in [1.165, 1.54) is 0 Å². The summed E-state index contributed by atoms with van der Waals surface area (Å²) >= 11 is 0. The Kier molecular flexibility index (Phi) is 5.86. The number of aryl methyl sites for hydroxylation is 1. The van der Waals surface area contributed by atoms with Crippen LogP contribution in [-0.2, 0) is 27.4 Å². The number of sulfonamides is 1. The van der Waals surface area contributed by atoms with E-state index in [0.29, 0.717) is 12.5 Å². The molecule has 0 aliphatic heterocycles. The summed E-state index contributed by atoms with van der Waals surface area (Å²) < 4.78 is 63.5. The smallest absolute Gasteiger partial charge is 0.324 e. The van der Waals surface area contributed by atoms with Gasteiger partial charge in [0.25, 0.3) is 0 Å². The van der Waals surface area contributed by atoms with Crippen molar-refractivity contribution in [3.8, 4) is 0 Å². The number of alkyl halides is 3. The maximum absolute atomic E-state index is 12.9. The first-order valence-corrected chi connectivity index (χ1v) is 9.31. The highest BCUT2D eigenvalue weighted by molar-refractivity contribution is 7.92. The molecule has 0 radical (unpaired) electrons. The maximum Gasteiger partial charge on any atom is 0.416 e. The second-order valence-electron chi connectivity index (χ2n) is 5.54. The van der Waals surface area contributed by atoms with E-state index in [-0.39, 0.29) is 17.8 Å². The lowest BCUT2D eigenvalue weighted by Crippen LogP contribution is -2.17. The average molecular weight is 387 g/mol. The van der Waals surface area contributed by atoms with Crippen molar-refractivity contribution in [1.82, 2.24) is 4.98 Å². The van der Waals surface area contributed by atoms with Gasteiger partial charge in [-0.1, -0.05) is 6.07 Å². The van der Waals surface area contributed by atoms with Gasteiger partial charge in [0.15, 0.2) is 0 Å². The van der Waals surface area contributed by atoms with Crippen LogP contribution in [0.25, 0.3) is 0 Å². The molecule has 1 amide bonds. The Balaban J connectivity index is 2.19. The molecule has 26 heavy (non-hydrogen) atoms. The van der Waals surface area contributed by atoms with Crippen LogP contribution < -0.4 is 10.0 Å². The van der Waals surface area contributed by atoms with Crippen molar-refractivity contribution in [2.45, 2.75) is 19.0 Å². The van der Waals surface area contributed by atoms with Gasteiger partial charge in [-0.05, 0) is 36.2 Å². The SMILES string of the molecule is CS(=O)(=O)Nc1ccc(C(F)(F)F)cc1NC(=O)CCc1cccnc1. The number of carbonyl (C=O) groups is 1. The quantitative estimate of drug-likeness (QED) is 0.798. The van der Waals surface area contributed by atoms with Gasteiger partial charge in [0.05, 0.1) is 23.2 Å². The summed E-state index contributed by atoms with van der Waals surface area (Å²) in [6.07, 6.45) is -0.269. The topological polar surface area (TPSA) is 88.2 Å². The highest BCUT2D eigenvalue weighted by Gasteiger charge is 2.31. The van der Waals surface area contributed by atoms with Gasteiger partial charge in [-0.15, -0.1) is 0 Å². The van der Waals surface area contributed by atoms with Crippen molar-refractivity contribution in [3.05, 3.63) is 53.9 Å². The first kappa shape index (κ1) is 19.7. The molecular formula is C16H16F3N3O3S. The Morgan fingerprint density at radius 2 is 1.92 bits per heavy atom. The number of nitrogens with one attached hydrogen (secondary N) is 2. The lowest BCUT2D eigenvalue weighted by molar-refractivity contribution is -0.137.